The highest BCUT2D eigenvalue weighted by molar-refractivity contribution is 4.99. The minimum Gasteiger partial charge on any atom is -0.373 e. The average Bonchev–Trinajstić information content (AvgIpc) is 2.90. The van der Waals surface area contributed by atoms with Crippen LogP contribution in [0.3, 0.4) is 0 Å². The lowest BCUT2D eigenvalue weighted by atomic mass is 9.86. The molecule has 5 nitrogen and oxygen atoms in total. The van der Waals surface area contributed by atoms with Crippen LogP contribution in [0.4, 0.5) is 0 Å². The molecule has 1 fully saturated rings. The van der Waals surface area contributed by atoms with E-state index in [-0.39, 0.29) is 6.10 Å². The van der Waals surface area contributed by atoms with Gasteiger partial charge < -0.3 is 14.6 Å². The van der Waals surface area contributed by atoms with Crippen LogP contribution in [-0.4, -0.2) is 29.8 Å². The lowest BCUT2D eigenvalue weighted by molar-refractivity contribution is 0.0555. The molecule has 1 aliphatic rings. The summed E-state index contributed by atoms with van der Waals surface area (Å²) in [6, 6.07) is 0.654. The Morgan fingerprint density at radius 3 is 2.55 bits per heavy atom. The number of hydrogen-bond acceptors (Lipinski definition) is 5. The summed E-state index contributed by atoms with van der Waals surface area (Å²) in [4.78, 5) is 4.57. The zero-order chi connectivity index (χ0) is 14.5. The first-order valence-electron chi connectivity index (χ1n) is 7.75. The predicted molar refractivity (Wildman–Crippen MR) is 77.6 cm³/mol. The maximum Gasteiger partial charge on any atom is 0.229 e. The fraction of sp³-hybridized carbons (Fsp3) is 0.867. The van der Waals surface area contributed by atoms with E-state index in [0.717, 1.165) is 25.3 Å². The van der Waals surface area contributed by atoms with Gasteiger partial charge in [0.25, 0.3) is 0 Å². The van der Waals surface area contributed by atoms with Crippen molar-refractivity contribution in [2.24, 2.45) is 5.92 Å². The summed E-state index contributed by atoms with van der Waals surface area (Å²) in [5.41, 5.74) is 0. The lowest BCUT2D eigenvalue weighted by Gasteiger charge is -2.26. The summed E-state index contributed by atoms with van der Waals surface area (Å²) < 4.78 is 10.9. The number of rotatable bonds is 6. The van der Waals surface area contributed by atoms with Gasteiger partial charge in [-0.3, -0.25) is 0 Å². The third-order valence-corrected chi connectivity index (χ3v) is 4.14. The van der Waals surface area contributed by atoms with Crippen LogP contribution in [0.1, 0.15) is 70.2 Å². The van der Waals surface area contributed by atoms with E-state index in [9.17, 15) is 0 Å². The van der Waals surface area contributed by atoms with Crippen molar-refractivity contribution < 1.29 is 9.26 Å². The molecule has 0 aromatic carbocycles. The molecule has 2 rings (SSSR count). The lowest BCUT2D eigenvalue weighted by Crippen LogP contribution is -2.32. The fourth-order valence-corrected chi connectivity index (χ4v) is 3.04. The number of aromatic nitrogens is 2. The maximum atomic E-state index is 5.47. The van der Waals surface area contributed by atoms with E-state index < -0.39 is 0 Å². The smallest absolute Gasteiger partial charge is 0.229 e. The highest BCUT2D eigenvalue weighted by atomic mass is 16.5. The van der Waals surface area contributed by atoms with Crippen molar-refractivity contribution in [2.45, 2.75) is 64.5 Å². The van der Waals surface area contributed by atoms with Gasteiger partial charge in [-0.2, -0.15) is 4.98 Å². The first-order valence-corrected chi connectivity index (χ1v) is 7.75. The summed E-state index contributed by atoms with van der Waals surface area (Å²) in [5.74, 6) is 2.23. The van der Waals surface area contributed by atoms with Crippen molar-refractivity contribution >= 4 is 0 Å². The second kappa shape index (κ2) is 7.18. The quantitative estimate of drug-likeness (QED) is 0.868. The Bertz CT molecular complexity index is 398. The van der Waals surface area contributed by atoms with Crippen LogP contribution < -0.4 is 5.32 Å². The van der Waals surface area contributed by atoms with Crippen LogP contribution >= 0.6 is 0 Å². The SMILES string of the molecule is CCNC1CCC(c2nc(C(OC)C(C)C)no2)CC1. The van der Waals surface area contributed by atoms with E-state index in [1.54, 1.807) is 7.11 Å². The number of nitrogens with zero attached hydrogens (tertiary/aromatic N) is 2. The molecule has 20 heavy (non-hydrogen) atoms. The van der Waals surface area contributed by atoms with E-state index in [4.69, 9.17) is 9.26 Å². The van der Waals surface area contributed by atoms with Crippen molar-refractivity contribution in [3.8, 4) is 0 Å². The van der Waals surface area contributed by atoms with Gasteiger partial charge in [-0.15, -0.1) is 0 Å². The summed E-state index contributed by atoms with van der Waals surface area (Å²) in [5, 5.41) is 7.63. The van der Waals surface area contributed by atoms with Gasteiger partial charge in [-0.25, -0.2) is 0 Å². The third kappa shape index (κ3) is 3.58. The highest BCUT2D eigenvalue weighted by Gasteiger charge is 2.28. The number of methoxy groups -OCH3 is 1. The molecule has 114 valence electrons. The summed E-state index contributed by atoms with van der Waals surface area (Å²) in [7, 11) is 1.70. The van der Waals surface area contributed by atoms with Gasteiger partial charge in [0.2, 0.25) is 11.7 Å². The molecule has 1 aromatic heterocycles. The normalized spacial score (nSPS) is 25.1. The van der Waals surface area contributed by atoms with Gasteiger partial charge >= 0.3 is 0 Å². The molecule has 1 atom stereocenters. The first-order chi connectivity index (χ1) is 9.65. The molecular formula is C15H27N3O2. The molecule has 0 radical (unpaired) electrons. The Labute approximate surface area is 121 Å². The van der Waals surface area contributed by atoms with E-state index in [2.05, 4.69) is 36.2 Å². The van der Waals surface area contributed by atoms with Crippen molar-refractivity contribution in [2.75, 3.05) is 13.7 Å². The van der Waals surface area contributed by atoms with Crippen molar-refractivity contribution in [3.63, 3.8) is 0 Å². The molecule has 1 aliphatic carbocycles. The van der Waals surface area contributed by atoms with E-state index >= 15 is 0 Å². The van der Waals surface area contributed by atoms with Crippen LogP contribution in [0.25, 0.3) is 0 Å². The van der Waals surface area contributed by atoms with Crippen LogP contribution in [0.15, 0.2) is 4.52 Å². The van der Waals surface area contributed by atoms with Crippen LogP contribution in [0.2, 0.25) is 0 Å². The van der Waals surface area contributed by atoms with Gasteiger partial charge in [0, 0.05) is 19.1 Å². The monoisotopic (exact) mass is 281 g/mol. The molecule has 1 heterocycles. The molecule has 0 amide bonds. The summed E-state index contributed by atoms with van der Waals surface area (Å²) in [6.45, 7) is 7.41. The molecule has 5 heteroatoms. The van der Waals surface area contributed by atoms with Gasteiger partial charge in [-0.1, -0.05) is 25.9 Å². The fourth-order valence-electron chi connectivity index (χ4n) is 3.04. The second-order valence-corrected chi connectivity index (χ2v) is 6.00. The first kappa shape index (κ1) is 15.4. The van der Waals surface area contributed by atoms with Gasteiger partial charge in [0.05, 0.1) is 0 Å². The molecule has 0 saturated heterocycles. The minimum absolute atomic E-state index is 0.0782. The van der Waals surface area contributed by atoms with Crippen molar-refractivity contribution in [1.82, 2.24) is 15.5 Å². The molecule has 1 saturated carbocycles. The standard InChI is InChI=1S/C15H27N3O2/c1-5-16-12-8-6-11(7-9-12)15-17-14(18-20-15)13(19-4)10(2)3/h10-13,16H,5-9H2,1-4H3. The topological polar surface area (TPSA) is 60.2 Å². The largest absolute Gasteiger partial charge is 0.373 e. The molecule has 1 aromatic rings. The summed E-state index contributed by atoms with van der Waals surface area (Å²) >= 11 is 0. The third-order valence-electron chi connectivity index (χ3n) is 4.14. The van der Waals surface area contributed by atoms with Crippen LogP contribution in [-0.2, 0) is 4.74 Å². The molecule has 1 unspecified atom stereocenters. The van der Waals surface area contributed by atoms with Gasteiger partial charge in [0.15, 0.2) is 0 Å². The van der Waals surface area contributed by atoms with Crippen molar-refractivity contribution in [1.29, 1.82) is 0 Å². The number of nitrogens with one attached hydrogen (secondary N) is 1. The van der Waals surface area contributed by atoms with Crippen molar-refractivity contribution in [3.05, 3.63) is 11.7 Å². The van der Waals surface area contributed by atoms with Crippen LogP contribution in [0.5, 0.6) is 0 Å². The summed E-state index contributed by atoms with van der Waals surface area (Å²) in [6.07, 6.45) is 4.55. The zero-order valence-electron chi connectivity index (χ0n) is 13.1. The van der Waals surface area contributed by atoms with Gasteiger partial charge in [0.1, 0.15) is 6.10 Å². The second-order valence-electron chi connectivity index (χ2n) is 6.00. The van der Waals surface area contributed by atoms with Crippen LogP contribution in [0, 0.1) is 5.92 Å². The Hall–Kier alpha value is -0.940. The Morgan fingerprint density at radius 1 is 1.30 bits per heavy atom. The molecular weight excluding hydrogens is 254 g/mol. The molecule has 0 spiro atoms. The zero-order valence-corrected chi connectivity index (χ0v) is 13.1. The highest BCUT2D eigenvalue weighted by Crippen LogP contribution is 2.33. The Balaban J connectivity index is 1.96. The molecule has 1 N–H and O–H groups in total. The van der Waals surface area contributed by atoms with E-state index in [1.807, 2.05) is 0 Å². The number of ether oxygens (including phenoxy) is 1. The Morgan fingerprint density at radius 2 is 2.00 bits per heavy atom. The van der Waals surface area contributed by atoms with E-state index in [1.165, 1.54) is 12.8 Å². The number of hydrogen-bond donors (Lipinski definition) is 1. The Kier molecular flexibility index (Phi) is 5.54. The van der Waals surface area contributed by atoms with E-state index in [0.29, 0.717) is 23.7 Å². The predicted octanol–water partition coefficient (Wildman–Crippen LogP) is 3.05. The van der Waals surface area contributed by atoms with Gasteiger partial charge in [-0.05, 0) is 38.1 Å². The maximum absolute atomic E-state index is 5.47. The minimum atomic E-state index is -0.0782. The molecule has 0 aliphatic heterocycles. The molecule has 0 bridgehead atoms. The average molecular weight is 281 g/mol.